The maximum Gasteiger partial charge on any atom is 0.410 e. The Balaban J connectivity index is 1.72. The van der Waals surface area contributed by atoms with E-state index in [4.69, 9.17) is 4.74 Å². The summed E-state index contributed by atoms with van der Waals surface area (Å²) in [7, 11) is 0. The molecule has 0 atom stereocenters. The van der Waals surface area contributed by atoms with E-state index >= 15 is 0 Å². The fourth-order valence-electron chi connectivity index (χ4n) is 2.94. The van der Waals surface area contributed by atoms with Crippen molar-refractivity contribution in [3.63, 3.8) is 0 Å². The van der Waals surface area contributed by atoms with Crippen molar-refractivity contribution in [2.45, 2.75) is 32.8 Å². The Hall–Kier alpha value is -2.55. The molecule has 0 fully saturated rings. The summed E-state index contributed by atoms with van der Waals surface area (Å²) in [4.78, 5) is 14.1. The molecule has 2 aromatic carbocycles. The smallest absolute Gasteiger partial charge is 0.410 e. The second-order valence-corrected chi connectivity index (χ2v) is 7.36. The van der Waals surface area contributed by atoms with E-state index in [0.717, 1.165) is 12.0 Å². The summed E-state index contributed by atoms with van der Waals surface area (Å²) in [6.07, 6.45) is 2.84. The molecule has 0 aromatic heterocycles. The zero-order valence-electron chi connectivity index (χ0n) is 15.2. The molecule has 0 radical (unpaired) electrons. The van der Waals surface area contributed by atoms with Crippen LogP contribution in [0.3, 0.4) is 0 Å². The Labute approximate surface area is 149 Å². The molecular weight excluding hydrogens is 310 g/mol. The minimum atomic E-state index is -0.463. The monoisotopic (exact) mass is 335 g/mol. The topological polar surface area (TPSA) is 29.5 Å². The van der Waals surface area contributed by atoms with Gasteiger partial charge in [-0.2, -0.15) is 0 Å². The standard InChI is InChI=1S/C22H25NO2/c1-22(2,3)25-21(24)23-15-7-10-20(16-23)19-13-11-18(12-14-19)17-8-5-4-6-9-17/h4-6,8-14H,7,15-16H2,1-3H3. The Morgan fingerprint density at radius 3 is 2.16 bits per heavy atom. The number of hydrogen-bond donors (Lipinski definition) is 0. The maximum atomic E-state index is 12.3. The van der Waals surface area contributed by atoms with Gasteiger partial charge in [-0.25, -0.2) is 4.79 Å². The van der Waals surface area contributed by atoms with Gasteiger partial charge in [-0.1, -0.05) is 60.7 Å². The van der Waals surface area contributed by atoms with Gasteiger partial charge in [0.1, 0.15) is 5.60 Å². The second kappa shape index (κ2) is 7.14. The molecule has 3 rings (SSSR count). The molecule has 0 N–H and O–H groups in total. The van der Waals surface area contributed by atoms with Gasteiger partial charge in [0.05, 0.1) is 0 Å². The molecule has 3 heteroatoms. The van der Waals surface area contributed by atoms with Gasteiger partial charge in [-0.05, 0) is 49.5 Å². The lowest BCUT2D eigenvalue weighted by Crippen LogP contribution is -2.39. The SMILES string of the molecule is CC(C)(C)OC(=O)N1CCC=C(c2ccc(-c3ccccc3)cc2)C1. The quantitative estimate of drug-likeness (QED) is 0.737. The van der Waals surface area contributed by atoms with Crippen LogP contribution < -0.4 is 0 Å². The zero-order chi connectivity index (χ0) is 17.9. The highest BCUT2D eigenvalue weighted by molar-refractivity contribution is 5.76. The minimum Gasteiger partial charge on any atom is -0.444 e. The van der Waals surface area contributed by atoms with Crippen LogP contribution in [-0.4, -0.2) is 29.7 Å². The first-order chi connectivity index (χ1) is 11.9. The number of hydrogen-bond acceptors (Lipinski definition) is 2. The van der Waals surface area contributed by atoms with Gasteiger partial charge in [0, 0.05) is 13.1 Å². The molecule has 0 saturated carbocycles. The van der Waals surface area contributed by atoms with E-state index in [0.29, 0.717) is 13.1 Å². The predicted octanol–water partition coefficient (Wildman–Crippen LogP) is 5.38. The van der Waals surface area contributed by atoms with Gasteiger partial charge in [-0.15, -0.1) is 0 Å². The fourth-order valence-corrected chi connectivity index (χ4v) is 2.94. The van der Waals surface area contributed by atoms with Crippen LogP contribution in [0.5, 0.6) is 0 Å². The van der Waals surface area contributed by atoms with Crippen LogP contribution in [0.1, 0.15) is 32.8 Å². The molecule has 25 heavy (non-hydrogen) atoms. The second-order valence-electron chi connectivity index (χ2n) is 7.36. The minimum absolute atomic E-state index is 0.237. The Morgan fingerprint density at radius 1 is 0.920 bits per heavy atom. The molecule has 0 bridgehead atoms. The van der Waals surface area contributed by atoms with Crippen molar-refractivity contribution in [3.05, 3.63) is 66.2 Å². The van der Waals surface area contributed by atoms with Gasteiger partial charge in [0.15, 0.2) is 0 Å². The number of nitrogens with zero attached hydrogens (tertiary/aromatic N) is 1. The molecule has 0 unspecified atom stereocenters. The summed E-state index contributed by atoms with van der Waals surface area (Å²) in [5.74, 6) is 0. The third kappa shape index (κ3) is 4.50. The van der Waals surface area contributed by atoms with Crippen LogP contribution in [0.15, 0.2) is 60.7 Å². The summed E-state index contributed by atoms with van der Waals surface area (Å²) in [6.45, 7) is 7.00. The summed E-state index contributed by atoms with van der Waals surface area (Å²) in [5.41, 5.74) is 4.28. The van der Waals surface area contributed by atoms with Crippen LogP contribution in [0, 0.1) is 0 Å². The molecule has 1 aliphatic heterocycles. The number of carbonyl (C=O) groups excluding carboxylic acids is 1. The lowest BCUT2D eigenvalue weighted by Gasteiger charge is -2.30. The molecule has 3 nitrogen and oxygen atoms in total. The van der Waals surface area contributed by atoms with E-state index < -0.39 is 5.60 Å². The number of benzene rings is 2. The first kappa shape index (κ1) is 17.3. The van der Waals surface area contributed by atoms with Crippen LogP contribution in [0.25, 0.3) is 16.7 Å². The van der Waals surface area contributed by atoms with Crippen molar-refractivity contribution < 1.29 is 9.53 Å². The van der Waals surface area contributed by atoms with Crippen LogP contribution >= 0.6 is 0 Å². The van der Waals surface area contributed by atoms with Crippen LogP contribution in [0.4, 0.5) is 4.79 Å². The van der Waals surface area contributed by atoms with Gasteiger partial charge in [0.2, 0.25) is 0 Å². The number of amides is 1. The molecule has 130 valence electrons. The predicted molar refractivity (Wildman–Crippen MR) is 102 cm³/mol. The van der Waals surface area contributed by atoms with Crippen molar-refractivity contribution in [2.24, 2.45) is 0 Å². The highest BCUT2D eigenvalue weighted by atomic mass is 16.6. The number of ether oxygens (including phenoxy) is 1. The molecule has 0 spiro atoms. The summed E-state index contributed by atoms with van der Waals surface area (Å²) in [5, 5.41) is 0. The highest BCUT2D eigenvalue weighted by Gasteiger charge is 2.24. The normalized spacial score (nSPS) is 14.8. The van der Waals surface area contributed by atoms with E-state index in [-0.39, 0.29) is 6.09 Å². The van der Waals surface area contributed by atoms with Crippen molar-refractivity contribution in [3.8, 4) is 11.1 Å². The third-order valence-corrected chi connectivity index (χ3v) is 4.17. The van der Waals surface area contributed by atoms with Gasteiger partial charge in [0.25, 0.3) is 0 Å². The average Bonchev–Trinajstić information content (AvgIpc) is 2.61. The molecular formula is C22H25NO2. The Morgan fingerprint density at radius 2 is 1.52 bits per heavy atom. The number of rotatable bonds is 2. The lowest BCUT2D eigenvalue weighted by atomic mass is 9.98. The molecule has 1 amide bonds. The molecule has 0 aliphatic carbocycles. The van der Waals surface area contributed by atoms with Crippen molar-refractivity contribution in [2.75, 3.05) is 13.1 Å². The summed E-state index contributed by atoms with van der Waals surface area (Å²) < 4.78 is 5.50. The van der Waals surface area contributed by atoms with E-state index in [2.05, 4.69) is 42.5 Å². The van der Waals surface area contributed by atoms with Gasteiger partial charge >= 0.3 is 6.09 Å². The van der Waals surface area contributed by atoms with E-state index in [1.807, 2.05) is 39.0 Å². The van der Waals surface area contributed by atoms with Crippen molar-refractivity contribution in [1.82, 2.24) is 4.90 Å². The van der Waals surface area contributed by atoms with E-state index in [1.165, 1.54) is 16.7 Å². The Kier molecular flexibility index (Phi) is 4.93. The largest absolute Gasteiger partial charge is 0.444 e. The first-order valence-corrected chi connectivity index (χ1v) is 8.75. The van der Waals surface area contributed by atoms with E-state index in [9.17, 15) is 4.79 Å². The molecule has 1 heterocycles. The summed E-state index contributed by atoms with van der Waals surface area (Å²) in [6, 6.07) is 18.9. The van der Waals surface area contributed by atoms with Gasteiger partial charge < -0.3 is 9.64 Å². The van der Waals surface area contributed by atoms with Gasteiger partial charge in [-0.3, -0.25) is 0 Å². The zero-order valence-corrected chi connectivity index (χ0v) is 15.2. The molecule has 1 aliphatic rings. The van der Waals surface area contributed by atoms with Crippen molar-refractivity contribution in [1.29, 1.82) is 0 Å². The van der Waals surface area contributed by atoms with E-state index in [1.54, 1.807) is 4.90 Å². The highest BCUT2D eigenvalue weighted by Crippen LogP contribution is 2.25. The molecule has 2 aromatic rings. The first-order valence-electron chi connectivity index (χ1n) is 8.75. The fraction of sp³-hybridized carbons (Fsp3) is 0.318. The Bertz CT molecular complexity index is 755. The average molecular weight is 335 g/mol. The lowest BCUT2D eigenvalue weighted by molar-refractivity contribution is 0.0273. The number of carbonyl (C=O) groups is 1. The van der Waals surface area contributed by atoms with Crippen molar-refractivity contribution >= 4 is 11.7 Å². The summed E-state index contributed by atoms with van der Waals surface area (Å²) >= 11 is 0. The third-order valence-electron chi connectivity index (χ3n) is 4.17. The van der Waals surface area contributed by atoms with Crippen LogP contribution in [0.2, 0.25) is 0 Å². The molecule has 0 saturated heterocycles. The maximum absolute atomic E-state index is 12.3. The van der Waals surface area contributed by atoms with Crippen LogP contribution in [-0.2, 0) is 4.74 Å².